The first-order chi connectivity index (χ1) is 17.7. The number of carbonyl (C=O) groups is 2. The maximum Gasteiger partial charge on any atom is 0.262 e. The van der Waals surface area contributed by atoms with Crippen molar-refractivity contribution >= 4 is 22.7 Å². The molecule has 0 bridgehead atoms. The average molecular weight is 501 g/mol. The van der Waals surface area contributed by atoms with E-state index < -0.39 is 11.9 Å². The molecule has 1 fully saturated rings. The molecule has 3 aromatic rings. The highest BCUT2D eigenvalue weighted by Crippen LogP contribution is 2.22. The Morgan fingerprint density at radius 3 is 2.54 bits per heavy atom. The molecule has 0 saturated carbocycles. The van der Waals surface area contributed by atoms with Crippen molar-refractivity contribution in [2.45, 2.75) is 77.4 Å². The first-order valence-corrected chi connectivity index (χ1v) is 13.0. The fourth-order valence-corrected chi connectivity index (χ4v) is 5.00. The highest BCUT2D eigenvalue weighted by atomic mass is 16.2. The third kappa shape index (κ3) is 5.88. The molecule has 1 aliphatic heterocycles. The van der Waals surface area contributed by atoms with E-state index in [4.69, 9.17) is 0 Å². The van der Waals surface area contributed by atoms with Crippen LogP contribution in [-0.4, -0.2) is 26.9 Å². The summed E-state index contributed by atoms with van der Waals surface area (Å²) in [6, 6.07) is 13.6. The second kappa shape index (κ2) is 11.2. The minimum absolute atomic E-state index is 0.0436. The van der Waals surface area contributed by atoms with Crippen molar-refractivity contribution in [3.05, 3.63) is 88.0 Å². The number of benzene rings is 2. The zero-order valence-electron chi connectivity index (χ0n) is 22.0. The van der Waals surface area contributed by atoms with E-state index >= 15 is 0 Å². The zero-order valence-corrected chi connectivity index (χ0v) is 22.0. The lowest BCUT2D eigenvalue weighted by atomic mass is 9.94. The van der Waals surface area contributed by atoms with Gasteiger partial charge in [0.15, 0.2) is 0 Å². The standard InChI is InChI=1S/C30H36N4O3/c1-5-18-30(4,6-2)31-19-22-12-10-21(11-13-22)14-15-23-8-7-9-24-27(23)29(37)34(20(3)32-24)25-16-17-26(35)33-28(25)36/h5,7-13,25,31H,1,6,14-19H2,2-4H3,(H,33,35,36). The number of amides is 2. The molecule has 194 valence electrons. The number of fused-ring (bicyclic) bond motifs is 1. The van der Waals surface area contributed by atoms with Crippen LogP contribution < -0.4 is 16.2 Å². The summed E-state index contributed by atoms with van der Waals surface area (Å²) in [7, 11) is 0. The van der Waals surface area contributed by atoms with Gasteiger partial charge >= 0.3 is 0 Å². The van der Waals surface area contributed by atoms with Crippen molar-refractivity contribution in [2.24, 2.45) is 0 Å². The molecular formula is C30H36N4O3. The van der Waals surface area contributed by atoms with Gasteiger partial charge < -0.3 is 5.32 Å². The van der Waals surface area contributed by atoms with Crippen LogP contribution in [0.5, 0.6) is 0 Å². The van der Waals surface area contributed by atoms with Crippen LogP contribution in [0.1, 0.15) is 68.1 Å². The number of hydrogen-bond acceptors (Lipinski definition) is 5. The van der Waals surface area contributed by atoms with Crippen LogP contribution in [0, 0.1) is 6.92 Å². The maximum absolute atomic E-state index is 13.6. The van der Waals surface area contributed by atoms with E-state index in [-0.39, 0.29) is 23.4 Å². The second-order valence-electron chi connectivity index (χ2n) is 10.2. The summed E-state index contributed by atoms with van der Waals surface area (Å²) in [4.78, 5) is 42.4. The molecule has 2 amide bonds. The number of nitrogens with zero attached hydrogens (tertiary/aromatic N) is 2. The Morgan fingerprint density at radius 1 is 1.14 bits per heavy atom. The molecule has 1 aromatic heterocycles. The van der Waals surface area contributed by atoms with Crippen molar-refractivity contribution in [1.29, 1.82) is 0 Å². The normalized spacial score (nSPS) is 17.4. The van der Waals surface area contributed by atoms with Crippen molar-refractivity contribution in [3.63, 3.8) is 0 Å². The number of nitrogens with one attached hydrogen (secondary N) is 2. The van der Waals surface area contributed by atoms with Gasteiger partial charge in [-0.15, -0.1) is 6.58 Å². The van der Waals surface area contributed by atoms with E-state index in [0.29, 0.717) is 29.6 Å². The first-order valence-electron chi connectivity index (χ1n) is 13.0. The number of aryl methyl sites for hydroxylation is 3. The minimum Gasteiger partial charge on any atom is -0.307 e. The number of imide groups is 1. The number of aromatic nitrogens is 2. The Balaban J connectivity index is 1.52. The van der Waals surface area contributed by atoms with Gasteiger partial charge in [-0.25, -0.2) is 4.98 Å². The largest absolute Gasteiger partial charge is 0.307 e. The molecule has 0 aliphatic carbocycles. The third-order valence-corrected chi connectivity index (χ3v) is 7.51. The Labute approximate surface area is 218 Å². The van der Waals surface area contributed by atoms with Crippen LogP contribution in [0.25, 0.3) is 10.9 Å². The lowest BCUT2D eigenvalue weighted by Crippen LogP contribution is -2.45. The van der Waals surface area contributed by atoms with E-state index in [1.54, 1.807) is 6.92 Å². The molecule has 4 rings (SSSR count). The number of piperidine rings is 1. The molecule has 37 heavy (non-hydrogen) atoms. The van der Waals surface area contributed by atoms with Crippen molar-refractivity contribution in [2.75, 3.05) is 0 Å². The monoisotopic (exact) mass is 500 g/mol. The molecule has 7 nitrogen and oxygen atoms in total. The van der Waals surface area contributed by atoms with Gasteiger partial charge in [-0.3, -0.25) is 24.3 Å². The molecule has 2 atom stereocenters. The predicted octanol–water partition coefficient (Wildman–Crippen LogP) is 4.30. The summed E-state index contributed by atoms with van der Waals surface area (Å²) in [5, 5.41) is 6.54. The minimum atomic E-state index is -0.725. The average Bonchev–Trinajstić information content (AvgIpc) is 2.88. The van der Waals surface area contributed by atoms with Crippen LogP contribution in [0.3, 0.4) is 0 Å². The molecule has 7 heteroatoms. The molecule has 0 spiro atoms. The molecule has 2 unspecified atom stereocenters. The van der Waals surface area contributed by atoms with Gasteiger partial charge in [-0.05, 0) is 68.7 Å². The van der Waals surface area contributed by atoms with Crippen LogP contribution >= 0.6 is 0 Å². The number of hydrogen-bond donors (Lipinski definition) is 2. The van der Waals surface area contributed by atoms with Gasteiger partial charge in [-0.2, -0.15) is 0 Å². The third-order valence-electron chi connectivity index (χ3n) is 7.51. The Morgan fingerprint density at radius 2 is 1.86 bits per heavy atom. The van der Waals surface area contributed by atoms with Crippen LogP contribution in [-0.2, 0) is 29.0 Å². The molecule has 1 saturated heterocycles. The molecule has 1 aliphatic rings. The molecule has 2 heterocycles. The lowest BCUT2D eigenvalue weighted by Gasteiger charge is -2.28. The van der Waals surface area contributed by atoms with Crippen LogP contribution in [0.15, 0.2) is 59.9 Å². The van der Waals surface area contributed by atoms with E-state index in [1.807, 2.05) is 24.3 Å². The van der Waals surface area contributed by atoms with Gasteiger partial charge in [0.05, 0.1) is 10.9 Å². The fraction of sp³-hybridized carbons (Fsp3) is 0.400. The smallest absolute Gasteiger partial charge is 0.262 e. The van der Waals surface area contributed by atoms with Gasteiger partial charge in [-0.1, -0.05) is 49.4 Å². The van der Waals surface area contributed by atoms with E-state index in [0.717, 1.165) is 31.4 Å². The summed E-state index contributed by atoms with van der Waals surface area (Å²) < 4.78 is 1.45. The first kappa shape index (κ1) is 26.5. The van der Waals surface area contributed by atoms with E-state index in [2.05, 4.69) is 60.3 Å². The molecule has 2 aromatic carbocycles. The van der Waals surface area contributed by atoms with E-state index in [1.165, 1.54) is 15.7 Å². The summed E-state index contributed by atoms with van der Waals surface area (Å²) in [6.45, 7) is 10.8. The Kier molecular flexibility index (Phi) is 8.03. The van der Waals surface area contributed by atoms with Crippen molar-refractivity contribution in [1.82, 2.24) is 20.2 Å². The van der Waals surface area contributed by atoms with Gasteiger partial charge in [0.1, 0.15) is 11.9 Å². The van der Waals surface area contributed by atoms with Gasteiger partial charge in [0.25, 0.3) is 5.56 Å². The highest BCUT2D eigenvalue weighted by molar-refractivity contribution is 5.99. The summed E-state index contributed by atoms with van der Waals surface area (Å²) in [5.41, 5.74) is 3.77. The summed E-state index contributed by atoms with van der Waals surface area (Å²) >= 11 is 0. The predicted molar refractivity (Wildman–Crippen MR) is 146 cm³/mol. The second-order valence-corrected chi connectivity index (χ2v) is 10.2. The SMILES string of the molecule is C=CCC(C)(CC)NCc1ccc(CCc2cccc3nc(C)n(C4CCC(=O)NC4=O)c(=O)c23)cc1. The van der Waals surface area contributed by atoms with Crippen molar-refractivity contribution < 1.29 is 9.59 Å². The number of carbonyl (C=O) groups excluding carboxylic acids is 2. The number of rotatable bonds is 10. The zero-order chi connectivity index (χ0) is 26.6. The van der Waals surface area contributed by atoms with Crippen molar-refractivity contribution in [3.8, 4) is 0 Å². The molecule has 2 N–H and O–H groups in total. The summed E-state index contributed by atoms with van der Waals surface area (Å²) in [5.74, 6) is -0.279. The Hall–Kier alpha value is -3.58. The fourth-order valence-electron chi connectivity index (χ4n) is 5.00. The van der Waals surface area contributed by atoms with Crippen LogP contribution in [0.4, 0.5) is 0 Å². The Bertz CT molecular complexity index is 1380. The topological polar surface area (TPSA) is 93.1 Å². The highest BCUT2D eigenvalue weighted by Gasteiger charge is 2.30. The van der Waals surface area contributed by atoms with Gasteiger partial charge in [0, 0.05) is 18.5 Å². The lowest BCUT2D eigenvalue weighted by molar-refractivity contribution is -0.135. The quantitative estimate of drug-likeness (QED) is 0.320. The molecular weight excluding hydrogens is 464 g/mol. The van der Waals surface area contributed by atoms with Crippen LogP contribution in [0.2, 0.25) is 0 Å². The van der Waals surface area contributed by atoms with E-state index in [9.17, 15) is 14.4 Å². The summed E-state index contributed by atoms with van der Waals surface area (Å²) in [6.07, 6.45) is 5.88. The maximum atomic E-state index is 13.6. The van der Waals surface area contributed by atoms with Gasteiger partial charge in [0.2, 0.25) is 11.8 Å². The molecule has 0 radical (unpaired) electrons.